The van der Waals surface area contributed by atoms with Crippen molar-refractivity contribution in [3.8, 4) is 6.07 Å². The molecule has 1 heterocycles. The third kappa shape index (κ3) is 5.58. The molecule has 1 saturated carbocycles. The van der Waals surface area contributed by atoms with Crippen LogP contribution < -0.4 is 10.6 Å². The number of allylic oxidation sites excluding steroid dienone is 1. The summed E-state index contributed by atoms with van der Waals surface area (Å²) in [6.45, 7) is 5.83. The number of carbonyl (C=O) groups is 2. The molecule has 156 valence electrons. The predicted octanol–water partition coefficient (Wildman–Crippen LogP) is 4.32. The second-order valence-corrected chi connectivity index (χ2v) is 8.63. The smallest absolute Gasteiger partial charge is 0.251 e. The first-order valence-electron chi connectivity index (χ1n) is 10.3. The van der Waals surface area contributed by atoms with Crippen molar-refractivity contribution in [1.29, 1.82) is 5.26 Å². The number of nitrogens with zero attached hydrogens (tertiary/aromatic N) is 1. The molecule has 30 heavy (non-hydrogen) atoms. The van der Waals surface area contributed by atoms with Gasteiger partial charge < -0.3 is 10.6 Å². The highest BCUT2D eigenvalue weighted by molar-refractivity contribution is 7.07. The van der Waals surface area contributed by atoms with Crippen molar-refractivity contribution in [3.05, 3.63) is 64.4 Å². The first kappa shape index (κ1) is 21.8. The number of hydrogen-bond donors (Lipinski definition) is 2. The van der Waals surface area contributed by atoms with E-state index in [-0.39, 0.29) is 23.8 Å². The molecule has 2 aromatic rings. The minimum atomic E-state index is -0.569. The molecule has 1 fully saturated rings. The van der Waals surface area contributed by atoms with Crippen LogP contribution >= 0.6 is 11.3 Å². The molecule has 1 aromatic carbocycles. The Morgan fingerprint density at radius 1 is 1.20 bits per heavy atom. The van der Waals surface area contributed by atoms with Crippen LogP contribution in [-0.2, 0) is 11.2 Å². The first-order valence-corrected chi connectivity index (χ1v) is 11.2. The van der Waals surface area contributed by atoms with Crippen molar-refractivity contribution in [3.63, 3.8) is 0 Å². The molecular formula is C24H27N3O2S. The lowest BCUT2D eigenvalue weighted by Crippen LogP contribution is -2.50. The Bertz CT molecular complexity index is 928. The maximum Gasteiger partial charge on any atom is 0.251 e. The van der Waals surface area contributed by atoms with Crippen LogP contribution in [0.3, 0.4) is 0 Å². The van der Waals surface area contributed by atoms with Crippen LogP contribution in [0.25, 0.3) is 5.57 Å². The van der Waals surface area contributed by atoms with Gasteiger partial charge in [-0.15, -0.1) is 0 Å². The van der Waals surface area contributed by atoms with E-state index in [2.05, 4.69) is 23.3 Å². The zero-order chi connectivity index (χ0) is 21.5. The fraction of sp³-hybridized carbons (Fsp3) is 0.375. The van der Waals surface area contributed by atoms with Crippen LogP contribution in [0.4, 0.5) is 0 Å². The second-order valence-electron chi connectivity index (χ2n) is 7.85. The summed E-state index contributed by atoms with van der Waals surface area (Å²) in [6, 6.07) is 10.7. The fourth-order valence-electron chi connectivity index (χ4n) is 3.83. The van der Waals surface area contributed by atoms with Gasteiger partial charge in [0, 0.05) is 18.0 Å². The van der Waals surface area contributed by atoms with Crippen molar-refractivity contribution < 1.29 is 9.59 Å². The van der Waals surface area contributed by atoms with Gasteiger partial charge in [0.2, 0.25) is 5.91 Å². The molecule has 0 aliphatic heterocycles. The predicted molar refractivity (Wildman–Crippen MR) is 120 cm³/mol. The Kier molecular flexibility index (Phi) is 7.42. The summed E-state index contributed by atoms with van der Waals surface area (Å²) in [4.78, 5) is 25.7. The Morgan fingerprint density at radius 2 is 1.90 bits per heavy atom. The maximum absolute atomic E-state index is 12.9. The van der Waals surface area contributed by atoms with Crippen LogP contribution in [0, 0.1) is 17.2 Å². The Balaban J connectivity index is 1.63. The third-order valence-electron chi connectivity index (χ3n) is 5.55. The highest BCUT2D eigenvalue weighted by Gasteiger charge is 2.33. The minimum absolute atomic E-state index is 0.153. The molecule has 0 bridgehead atoms. The summed E-state index contributed by atoms with van der Waals surface area (Å²) in [7, 11) is 0. The molecule has 0 unspecified atom stereocenters. The van der Waals surface area contributed by atoms with E-state index >= 15 is 0 Å². The van der Waals surface area contributed by atoms with Gasteiger partial charge in [0.25, 0.3) is 5.91 Å². The molecule has 1 aliphatic carbocycles. The number of hydrogen-bond acceptors (Lipinski definition) is 4. The number of nitrogens with one attached hydrogen (secondary N) is 2. The summed E-state index contributed by atoms with van der Waals surface area (Å²) in [5.74, 6) is -0.654. The normalized spacial score (nSPS) is 19.3. The van der Waals surface area contributed by atoms with Gasteiger partial charge in [-0.25, -0.2) is 0 Å². The Labute approximate surface area is 181 Å². The molecule has 1 aromatic heterocycles. The quantitative estimate of drug-likeness (QED) is 0.698. The van der Waals surface area contributed by atoms with E-state index in [4.69, 9.17) is 0 Å². The van der Waals surface area contributed by atoms with E-state index in [1.807, 2.05) is 35.9 Å². The van der Waals surface area contributed by atoms with Gasteiger partial charge in [-0.1, -0.05) is 37.1 Å². The van der Waals surface area contributed by atoms with E-state index in [1.165, 1.54) is 0 Å². The molecule has 1 aliphatic rings. The number of amides is 2. The van der Waals surface area contributed by atoms with Gasteiger partial charge in [0.15, 0.2) is 0 Å². The SMILES string of the molecule is C=C(C)c1ccc(C(=O)N[C@H]2CCCC[C@H]2C(=O)N[C@H](C#N)Cc2ccsc2)cc1. The monoisotopic (exact) mass is 421 g/mol. The summed E-state index contributed by atoms with van der Waals surface area (Å²) in [5.41, 5.74) is 3.55. The average molecular weight is 422 g/mol. The van der Waals surface area contributed by atoms with Gasteiger partial charge in [-0.2, -0.15) is 16.6 Å². The number of carbonyl (C=O) groups excluding carboxylic acids is 2. The van der Waals surface area contributed by atoms with Crippen LogP contribution in [0.15, 0.2) is 47.7 Å². The minimum Gasteiger partial charge on any atom is -0.349 e. The lowest BCUT2D eigenvalue weighted by molar-refractivity contribution is -0.127. The topological polar surface area (TPSA) is 82.0 Å². The van der Waals surface area contributed by atoms with Gasteiger partial charge in [0.05, 0.1) is 12.0 Å². The summed E-state index contributed by atoms with van der Waals surface area (Å²) >= 11 is 1.57. The lowest BCUT2D eigenvalue weighted by atomic mass is 9.83. The average Bonchev–Trinajstić information content (AvgIpc) is 3.26. The molecule has 2 amide bonds. The Morgan fingerprint density at radius 3 is 2.53 bits per heavy atom. The van der Waals surface area contributed by atoms with E-state index < -0.39 is 6.04 Å². The zero-order valence-electron chi connectivity index (χ0n) is 17.2. The number of benzene rings is 1. The number of thiophene rings is 1. The van der Waals surface area contributed by atoms with Crippen LogP contribution in [-0.4, -0.2) is 23.9 Å². The molecule has 2 N–H and O–H groups in total. The van der Waals surface area contributed by atoms with Gasteiger partial charge in [-0.3, -0.25) is 9.59 Å². The van der Waals surface area contributed by atoms with Crippen molar-refractivity contribution >= 4 is 28.7 Å². The van der Waals surface area contributed by atoms with Crippen LogP contribution in [0.1, 0.15) is 54.1 Å². The zero-order valence-corrected chi connectivity index (χ0v) is 18.0. The van der Waals surface area contributed by atoms with Crippen LogP contribution in [0.5, 0.6) is 0 Å². The lowest BCUT2D eigenvalue weighted by Gasteiger charge is -2.31. The van der Waals surface area contributed by atoms with Crippen molar-refractivity contribution in [2.45, 2.75) is 51.1 Å². The van der Waals surface area contributed by atoms with Gasteiger partial charge in [0.1, 0.15) is 6.04 Å². The summed E-state index contributed by atoms with van der Waals surface area (Å²) in [5, 5.41) is 19.3. The highest BCUT2D eigenvalue weighted by atomic mass is 32.1. The molecule has 6 heteroatoms. The first-order chi connectivity index (χ1) is 14.5. The highest BCUT2D eigenvalue weighted by Crippen LogP contribution is 2.25. The molecule has 3 rings (SSSR count). The molecule has 3 atom stereocenters. The molecule has 0 spiro atoms. The number of nitriles is 1. The van der Waals surface area contributed by atoms with E-state index in [1.54, 1.807) is 23.5 Å². The van der Waals surface area contributed by atoms with E-state index in [9.17, 15) is 14.9 Å². The standard InChI is InChI=1S/C24H27N3O2S/c1-16(2)18-7-9-19(10-8-18)23(28)27-22-6-4-3-5-21(22)24(29)26-20(14-25)13-17-11-12-30-15-17/h7-12,15,20-22H,1,3-6,13H2,2H3,(H,26,29)(H,27,28)/t20-,21+,22-/m0/s1. The van der Waals surface area contributed by atoms with Crippen molar-refractivity contribution in [2.75, 3.05) is 0 Å². The number of rotatable bonds is 7. The van der Waals surface area contributed by atoms with Crippen molar-refractivity contribution in [2.24, 2.45) is 5.92 Å². The van der Waals surface area contributed by atoms with E-state index in [0.717, 1.165) is 36.0 Å². The van der Waals surface area contributed by atoms with Gasteiger partial charge in [-0.05, 0) is 59.9 Å². The second kappa shape index (κ2) is 10.2. The largest absolute Gasteiger partial charge is 0.349 e. The summed E-state index contributed by atoms with van der Waals surface area (Å²) < 4.78 is 0. The molecule has 5 nitrogen and oxygen atoms in total. The van der Waals surface area contributed by atoms with Crippen LogP contribution in [0.2, 0.25) is 0 Å². The Hall–Kier alpha value is -2.91. The fourth-order valence-corrected chi connectivity index (χ4v) is 4.51. The molecule has 0 radical (unpaired) electrons. The van der Waals surface area contributed by atoms with Crippen molar-refractivity contribution in [1.82, 2.24) is 10.6 Å². The van der Waals surface area contributed by atoms with E-state index in [0.29, 0.717) is 18.4 Å². The summed E-state index contributed by atoms with van der Waals surface area (Å²) in [6.07, 6.45) is 3.88. The van der Waals surface area contributed by atoms with Gasteiger partial charge >= 0.3 is 0 Å². The third-order valence-corrected chi connectivity index (χ3v) is 6.28. The maximum atomic E-state index is 12.9. The molecule has 0 saturated heterocycles. The molecular weight excluding hydrogens is 394 g/mol.